The lowest BCUT2D eigenvalue weighted by Crippen LogP contribution is -2.15. The SMILES string of the molecule is O=C(CSc1nnc(-c2cccnc2)n1-c1ccc(Cl)cc1)Nc1ccc(Cl)cc1Cl. The van der Waals surface area contributed by atoms with Crippen LogP contribution in [0.2, 0.25) is 15.1 Å². The Balaban J connectivity index is 1.58. The van der Waals surface area contributed by atoms with Gasteiger partial charge in [0.25, 0.3) is 0 Å². The minimum Gasteiger partial charge on any atom is -0.324 e. The summed E-state index contributed by atoms with van der Waals surface area (Å²) < 4.78 is 1.86. The van der Waals surface area contributed by atoms with Crippen molar-refractivity contribution in [1.29, 1.82) is 0 Å². The van der Waals surface area contributed by atoms with Gasteiger partial charge in [0.1, 0.15) is 0 Å². The van der Waals surface area contributed by atoms with Gasteiger partial charge in [-0.3, -0.25) is 14.3 Å². The summed E-state index contributed by atoms with van der Waals surface area (Å²) in [4.78, 5) is 16.6. The number of rotatable bonds is 6. The monoisotopic (exact) mass is 489 g/mol. The fourth-order valence-electron chi connectivity index (χ4n) is 2.78. The van der Waals surface area contributed by atoms with E-state index < -0.39 is 0 Å². The number of carbonyl (C=O) groups excluding carboxylic acids is 1. The highest BCUT2D eigenvalue weighted by atomic mass is 35.5. The van der Waals surface area contributed by atoms with E-state index in [1.54, 1.807) is 42.7 Å². The van der Waals surface area contributed by atoms with Gasteiger partial charge in [-0.15, -0.1) is 10.2 Å². The van der Waals surface area contributed by atoms with E-state index in [0.29, 0.717) is 31.7 Å². The molecule has 0 saturated carbocycles. The maximum Gasteiger partial charge on any atom is 0.234 e. The standard InChI is InChI=1S/C21H14Cl3N5OS/c22-14-3-6-16(7-4-14)29-20(13-2-1-9-25-11-13)27-28-21(29)31-12-19(30)26-18-8-5-15(23)10-17(18)24/h1-11H,12H2,(H,26,30). The highest BCUT2D eigenvalue weighted by molar-refractivity contribution is 7.99. The fourth-order valence-corrected chi connectivity index (χ4v) is 4.11. The van der Waals surface area contributed by atoms with Crippen molar-refractivity contribution in [3.05, 3.63) is 82.1 Å². The predicted octanol–water partition coefficient (Wildman–Crippen LogP) is 6.02. The minimum atomic E-state index is -0.234. The third kappa shape index (κ3) is 5.19. The topological polar surface area (TPSA) is 72.7 Å². The molecule has 156 valence electrons. The van der Waals surface area contributed by atoms with Gasteiger partial charge in [-0.1, -0.05) is 46.6 Å². The van der Waals surface area contributed by atoms with Crippen molar-refractivity contribution >= 4 is 58.2 Å². The molecule has 0 aliphatic heterocycles. The van der Waals surface area contributed by atoms with Crippen molar-refractivity contribution in [3.8, 4) is 17.1 Å². The molecule has 0 saturated heterocycles. The van der Waals surface area contributed by atoms with Gasteiger partial charge < -0.3 is 5.32 Å². The molecule has 1 N–H and O–H groups in total. The summed E-state index contributed by atoms with van der Waals surface area (Å²) >= 11 is 19.3. The van der Waals surface area contributed by atoms with Crippen LogP contribution in [0.15, 0.2) is 72.1 Å². The minimum absolute atomic E-state index is 0.109. The summed E-state index contributed by atoms with van der Waals surface area (Å²) in [6.07, 6.45) is 3.40. The molecule has 0 fully saturated rings. The van der Waals surface area contributed by atoms with Gasteiger partial charge in [-0.25, -0.2) is 0 Å². The van der Waals surface area contributed by atoms with E-state index in [1.807, 2.05) is 28.8 Å². The average Bonchev–Trinajstić information content (AvgIpc) is 3.19. The highest BCUT2D eigenvalue weighted by Gasteiger charge is 2.18. The number of amides is 1. The number of anilines is 1. The number of nitrogens with one attached hydrogen (secondary N) is 1. The Morgan fingerprint density at radius 2 is 1.77 bits per heavy atom. The van der Waals surface area contributed by atoms with Crippen LogP contribution in [0.4, 0.5) is 5.69 Å². The molecule has 2 heterocycles. The molecule has 0 radical (unpaired) electrons. The van der Waals surface area contributed by atoms with Gasteiger partial charge in [0.15, 0.2) is 11.0 Å². The molecule has 2 aromatic heterocycles. The van der Waals surface area contributed by atoms with Crippen molar-refractivity contribution in [2.75, 3.05) is 11.1 Å². The molecule has 0 unspecified atom stereocenters. The van der Waals surface area contributed by atoms with Crippen molar-refractivity contribution in [3.63, 3.8) is 0 Å². The quantitative estimate of drug-likeness (QED) is 0.335. The van der Waals surface area contributed by atoms with Crippen LogP contribution in [0.5, 0.6) is 0 Å². The van der Waals surface area contributed by atoms with E-state index in [0.717, 1.165) is 11.3 Å². The zero-order valence-corrected chi connectivity index (χ0v) is 18.9. The third-order valence-electron chi connectivity index (χ3n) is 4.18. The molecule has 2 aromatic carbocycles. The fraction of sp³-hybridized carbons (Fsp3) is 0.0476. The molecule has 10 heteroatoms. The third-order valence-corrected chi connectivity index (χ3v) is 5.90. The molecular formula is C21H14Cl3N5OS. The molecule has 0 bridgehead atoms. The molecule has 6 nitrogen and oxygen atoms in total. The Labute approximate surface area is 197 Å². The number of halogens is 3. The number of benzene rings is 2. The molecule has 0 atom stereocenters. The molecule has 4 aromatic rings. The lowest BCUT2D eigenvalue weighted by atomic mass is 10.2. The number of thioether (sulfide) groups is 1. The summed E-state index contributed by atoms with van der Waals surface area (Å²) in [5.41, 5.74) is 2.11. The van der Waals surface area contributed by atoms with E-state index in [1.165, 1.54) is 11.8 Å². The average molecular weight is 491 g/mol. The second-order valence-electron chi connectivity index (χ2n) is 6.32. The second-order valence-corrected chi connectivity index (χ2v) is 8.54. The molecular weight excluding hydrogens is 477 g/mol. The van der Waals surface area contributed by atoms with E-state index in [-0.39, 0.29) is 11.7 Å². The van der Waals surface area contributed by atoms with Gasteiger partial charge in [0, 0.05) is 33.7 Å². The highest BCUT2D eigenvalue weighted by Crippen LogP contribution is 2.29. The van der Waals surface area contributed by atoms with Crippen LogP contribution in [-0.2, 0) is 4.79 Å². The maximum atomic E-state index is 12.5. The van der Waals surface area contributed by atoms with Crippen LogP contribution in [0.3, 0.4) is 0 Å². The molecule has 4 rings (SSSR count). The number of pyridine rings is 1. The molecule has 0 spiro atoms. The Hall–Kier alpha value is -2.58. The smallest absolute Gasteiger partial charge is 0.234 e. The Morgan fingerprint density at radius 3 is 2.48 bits per heavy atom. The van der Waals surface area contributed by atoms with Crippen LogP contribution in [0.25, 0.3) is 17.1 Å². The van der Waals surface area contributed by atoms with Crippen LogP contribution in [-0.4, -0.2) is 31.4 Å². The van der Waals surface area contributed by atoms with Crippen LogP contribution in [0, 0.1) is 0 Å². The van der Waals surface area contributed by atoms with Crippen LogP contribution < -0.4 is 5.32 Å². The van der Waals surface area contributed by atoms with E-state index in [2.05, 4.69) is 20.5 Å². The summed E-state index contributed by atoms with van der Waals surface area (Å²) in [7, 11) is 0. The Morgan fingerprint density at radius 1 is 1.00 bits per heavy atom. The number of carbonyl (C=O) groups is 1. The lowest BCUT2D eigenvalue weighted by Gasteiger charge is -2.11. The van der Waals surface area contributed by atoms with E-state index >= 15 is 0 Å². The molecule has 0 aliphatic carbocycles. The Kier molecular flexibility index (Phi) is 6.77. The first-order chi connectivity index (χ1) is 15.0. The van der Waals surface area contributed by atoms with E-state index in [4.69, 9.17) is 34.8 Å². The predicted molar refractivity (Wildman–Crippen MR) is 125 cm³/mol. The van der Waals surface area contributed by atoms with Gasteiger partial charge in [0.2, 0.25) is 5.91 Å². The van der Waals surface area contributed by atoms with Crippen molar-refractivity contribution in [2.24, 2.45) is 0 Å². The first-order valence-electron chi connectivity index (χ1n) is 9.01. The molecule has 0 aliphatic rings. The van der Waals surface area contributed by atoms with Crippen molar-refractivity contribution < 1.29 is 4.79 Å². The zero-order chi connectivity index (χ0) is 21.8. The maximum absolute atomic E-state index is 12.5. The number of hydrogen-bond donors (Lipinski definition) is 1. The second kappa shape index (κ2) is 9.70. The molecule has 1 amide bonds. The van der Waals surface area contributed by atoms with E-state index in [9.17, 15) is 4.79 Å². The summed E-state index contributed by atoms with van der Waals surface area (Å²) in [6, 6.07) is 15.9. The van der Waals surface area contributed by atoms with Crippen LogP contribution in [0.1, 0.15) is 0 Å². The normalized spacial score (nSPS) is 10.8. The first-order valence-corrected chi connectivity index (χ1v) is 11.1. The molecule has 31 heavy (non-hydrogen) atoms. The lowest BCUT2D eigenvalue weighted by molar-refractivity contribution is -0.113. The van der Waals surface area contributed by atoms with Gasteiger partial charge in [-0.05, 0) is 54.6 Å². The zero-order valence-electron chi connectivity index (χ0n) is 15.8. The van der Waals surface area contributed by atoms with Gasteiger partial charge in [0.05, 0.1) is 16.5 Å². The van der Waals surface area contributed by atoms with Gasteiger partial charge in [-0.2, -0.15) is 0 Å². The van der Waals surface area contributed by atoms with Crippen molar-refractivity contribution in [1.82, 2.24) is 19.7 Å². The first kappa shape index (κ1) is 21.6. The number of hydrogen-bond acceptors (Lipinski definition) is 5. The summed E-state index contributed by atoms with van der Waals surface area (Å²) in [5.74, 6) is 0.486. The van der Waals surface area contributed by atoms with Crippen LogP contribution >= 0.6 is 46.6 Å². The van der Waals surface area contributed by atoms with Crippen molar-refractivity contribution in [2.45, 2.75) is 5.16 Å². The summed E-state index contributed by atoms with van der Waals surface area (Å²) in [5, 5.41) is 13.4. The van der Waals surface area contributed by atoms with Gasteiger partial charge >= 0.3 is 0 Å². The Bertz CT molecular complexity index is 1220. The number of nitrogens with zero attached hydrogens (tertiary/aromatic N) is 4. The largest absolute Gasteiger partial charge is 0.324 e. The number of aromatic nitrogens is 4. The summed E-state index contributed by atoms with van der Waals surface area (Å²) in [6.45, 7) is 0.